The Morgan fingerprint density at radius 2 is 1.94 bits per heavy atom. The van der Waals surface area contributed by atoms with Crippen LogP contribution in [0.15, 0.2) is 36.3 Å². The standard InChI is InChI=1S/C9H14O2.C5H13N/c1-4-9(11-3)7-5-6-8-10-2;1-3-4-5-6-2/h4-8H,1-3H3;6H,3-5H2,1-2H3/b7-5-,8-6+,9-4-;. The minimum Gasteiger partial charge on any atom is -0.504 e. The van der Waals surface area contributed by atoms with Crippen LogP contribution in [0.2, 0.25) is 0 Å². The van der Waals surface area contributed by atoms with Crippen LogP contribution in [-0.4, -0.2) is 27.8 Å². The minimum atomic E-state index is 0.839. The minimum absolute atomic E-state index is 0.839. The smallest absolute Gasteiger partial charge is 0.114 e. The van der Waals surface area contributed by atoms with Crippen LogP contribution in [0.5, 0.6) is 0 Å². The lowest BCUT2D eigenvalue weighted by molar-refractivity contribution is 0.306. The maximum Gasteiger partial charge on any atom is 0.114 e. The Labute approximate surface area is 106 Å². The van der Waals surface area contributed by atoms with Crippen LogP contribution >= 0.6 is 0 Å². The third-order valence-electron chi connectivity index (χ3n) is 1.89. The highest BCUT2D eigenvalue weighted by atomic mass is 16.5. The zero-order valence-electron chi connectivity index (χ0n) is 11.8. The molecule has 1 N–H and O–H groups in total. The lowest BCUT2D eigenvalue weighted by Gasteiger charge is -1.95. The van der Waals surface area contributed by atoms with E-state index in [1.807, 2.05) is 32.2 Å². The van der Waals surface area contributed by atoms with E-state index in [-0.39, 0.29) is 0 Å². The molecule has 0 heterocycles. The molecule has 0 unspecified atom stereocenters. The Morgan fingerprint density at radius 3 is 2.29 bits per heavy atom. The van der Waals surface area contributed by atoms with Crippen LogP contribution in [0, 0.1) is 0 Å². The summed E-state index contributed by atoms with van der Waals surface area (Å²) in [5.74, 6) is 0.839. The summed E-state index contributed by atoms with van der Waals surface area (Å²) in [6.45, 7) is 5.27. The molecule has 0 aliphatic carbocycles. The average Bonchev–Trinajstić information content (AvgIpc) is 2.37. The molecule has 0 spiro atoms. The predicted octanol–water partition coefficient (Wildman–Crippen LogP) is 3.26. The Kier molecular flexibility index (Phi) is 18.3. The third-order valence-corrected chi connectivity index (χ3v) is 1.89. The first-order valence-corrected chi connectivity index (χ1v) is 5.97. The molecule has 0 aliphatic heterocycles. The van der Waals surface area contributed by atoms with Crippen molar-refractivity contribution in [3.8, 4) is 0 Å². The number of ether oxygens (including phenoxy) is 2. The number of methoxy groups -OCH3 is 2. The monoisotopic (exact) mass is 241 g/mol. The first-order chi connectivity index (χ1) is 8.26. The molecule has 3 nitrogen and oxygen atoms in total. The molecule has 0 aliphatic rings. The van der Waals surface area contributed by atoms with E-state index in [1.54, 1.807) is 26.6 Å². The quantitative estimate of drug-likeness (QED) is 0.421. The average molecular weight is 241 g/mol. The molecule has 0 aromatic carbocycles. The molecule has 0 fully saturated rings. The van der Waals surface area contributed by atoms with Gasteiger partial charge in [0.2, 0.25) is 0 Å². The zero-order valence-corrected chi connectivity index (χ0v) is 11.8. The summed E-state index contributed by atoms with van der Waals surface area (Å²) in [4.78, 5) is 0. The second-order valence-corrected chi connectivity index (χ2v) is 3.28. The van der Waals surface area contributed by atoms with Gasteiger partial charge in [-0.25, -0.2) is 0 Å². The van der Waals surface area contributed by atoms with Gasteiger partial charge in [-0.15, -0.1) is 0 Å². The van der Waals surface area contributed by atoms with Crippen molar-refractivity contribution in [3.05, 3.63) is 36.3 Å². The van der Waals surface area contributed by atoms with Gasteiger partial charge >= 0.3 is 0 Å². The summed E-state index contributed by atoms with van der Waals surface area (Å²) in [6.07, 6.45) is 11.6. The number of nitrogens with one attached hydrogen (secondary N) is 1. The molecule has 0 rings (SSSR count). The van der Waals surface area contributed by atoms with Crippen molar-refractivity contribution in [1.29, 1.82) is 0 Å². The van der Waals surface area contributed by atoms with Crippen LogP contribution in [0.3, 0.4) is 0 Å². The Balaban J connectivity index is 0. The van der Waals surface area contributed by atoms with Gasteiger partial charge in [0.05, 0.1) is 20.5 Å². The summed E-state index contributed by atoms with van der Waals surface area (Å²) in [7, 11) is 5.23. The summed E-state index contributed by atoms with van der Waals surface area (Å²) in [6, 6.07) is 0. The number of allylic oxidation sites excluding steroid dienone is 4. The predicted molar refractivity (Wildman–Crippen MR) is 74.9 cm³/mol. The Hall–Kier alpha value is -1.22. The van der Waals surface area contributed by atoms with Gasteiger partial charge in [0, 0.05) is 0 Å². The summed E-state index contributed by atoms with van der Waals surface area (Å²) in [5, 5.41) is 3.07. The number of unbranched alkanes of at least 4 members (excludes halogenated alkanes) is 1. The zero-order chi connectivity index (χ0) is 13.4. The normalized spacial score (nSPS) is 11.5. The van der Waals surface area contributed by atoms with E-state index in [0.29, 0.717) is 0 Å². The SMILES string of the molecule is C/C=C(/C=C\C=C\OC)OC.CCCCNC. The van der Waals surface area contributed by atoms with E-state index in [4.69, 9.17) is 9.47 Å². The van der Waals surface area contributed by atoms with E-state index in [1.165, 1.54) is 12.8 Å². The summed E-state index contributed by atoms with van der Waals surface area (Å²) >= 11 is 0. The molecular weight excluding hydrogens is 214 g/mol. The van der Waals surface area contributed by atoms with Gasteiger partial charge < -0.3 is 14.8 Å². The molecule has 0 aromatic rings. The van der Waals surface area contributed by atoms with Gasteiger partial charge in [-0.2, -0.15) is 0 Å². The fourth-order valence-corrected chi connectivity index (χ4v) is 0.910. The highest BCUT2D eigenvalue weighted by Gasteiger charge is 1.81. The van der Waals surface area contributed by atoms with Crippen molar-refractivity contribution >= 4 is 0 Å². The maximum absolute atomic E-state index is 4.98. The molecule has 100 valence electrons. The molecule has 3 heteroatoms. The Bertz CT molecular complexity index is 216. The van der Waals surface area contributed by atoms with Gasteiger partial charge in [0.15, 0.2) is 0 Å². The van der Waals surface area contributed by atoms with Crippen molar-refractivity contribution < 1.29 is 9.47 Å². The van der Waals surface area contributed by atoms with Gasteiger partial charge in [-0.1, -0.05) is 19.4 Å². The van der Waals surface area contributed by atoms with Gasteiger partial charge in [0.25, 0.3) is 0 Å². The van der Waals surface area contributed by atoms with Crippen molar-refractivity contribution in [3.63, 3.8) is 0 Å². The van der Waals surface area contributed by atoms with E-state index in [9.17, 15) is 0 Å². The van der Waals surface area contributed by atoms with E-state index in [2.05, 4.69) is 12.2 Å². The van der Waals surface area contributed by atoms with Gasteiger partial charge in [-0.3, -0.25) is 0 Å². The molecule has 0 amide bonds. The first kappa shape index (κ1) is 18.2. The lowest BCUT2D eigenvalue weighted by atomic mass is 10.3. The molecular formula is C14H27NO2. The molecule has 0 saturated carbocycles. The summed E-state index contributed by atoms with van der Waals surface area (Å²) < 4.78 is 9.68. The number of rotatable bonds is 7. The van der Waals surface area contributed by atoms with E-state index in [0.717, 1.165) is 12.3 Å². The lowest BCUT2D eigenvalue weighted by Crippen LogP contribution is -2.06. The first-order valence-electron chi connectivity index (χ1n) is 5.97. The third kappa shape index (κ3) is 17.4. The molecule has 0 bridgehead atoms. The maximum atomic E-state index is 4.98. The van der Waals surface area contributed by atoms with Crippen LogP contribution in [0.4, 0.5) is 0 Å². The second kappa shape index (κ2) is 17.2. The summed E-state index contributed by atoms with van der Waals surface area (Å²) in [5.41, 5.74) is 0. The highest BCUT2D eigenvalue weighted by molar-refractivity contribution is 5.15. The number of hydrogen-bond donors (Lipinski definition) is 1. The molecule has 0 atom stereocenters. The molecule has 17 heavy (non-hydrogen) atoms. The molecule has 0 saturated heterocycles. The van der Waals surface area contributed by atoms with Crippen LogP contribution in [0.25, 0.3) is 0 Å². The van der Waals surface area contributed by atoms with Crippen molar-refractivity contribution in [2.75, 3.05) is 27.8 Å². The van der Waals surface area contributed by atoms with Crippen LogP contribution in [-0.2, 0) is 9.47 Å². The van der Waals surface area contributed by atoms with E-state index < -0.39 is 0 Å². The largest absolute Gasteiger partial charge is 0.504 e. The van der Waals surface area contributed by atoms with Crippen molar-refractivity contribution in [2.45, 2.75) is 26.7 Å². The van der Waals surface area contributed by atoms with E-state index >= 15 is 0 Å². The van der Waals surface area contributed by atoms with Crippen LogP contribution in [0.1, 0.15) is 26.7 Å². The van der Waals surface area contributed by atoms with Crippen molar-refractivity contribution in [2.24, 2.45) is 0 Å². The number of hydrogen-bond acceptors (Lipinski definition) is 3. The topological polar surface area (TPSA) is 30.5 Å². The van der Waals surface area contributed by atoms with Crippen LogP contribution < -0.4 is 5.32 Å². The van der Waals surface area contributed by atoms with Gasteiger partial charge in [-0.05, 0) is 45.2 Å². The Morgan fingerprint density at radius 1 is 1.24 bits per heavy atom. The molecule has 0 aromatic heterocycles. The second-order valence-electron chi connectivity index (χ2n) is 3.28. The fourth-order valence-electron chi connectivity index (χ4n) is 0.910. The van der Waals surface area contributed by atoms with Gasteiger partial charge in [0.1, 0.15) is 5.76 Å². The fraction of sp³-hybridized carbons (Fsp3) is 0.571. The highest BCUT2D eigenvalue weighted by Crippen LogP contribution is 1.96. The molecule has 0 radical (unpaired) electrons. The van der Waals surface area contributed by atoms with Crippen molar-refractivity contribution in [1.82, 2.24) is 5.32 Å².